The molecule has 1 aromatic rings. The zero-order valence-electron chi connectivity index (χ0n) is 11.1. The molecule has 0 aromatic heterocycles. The summed E-state index contributed by atoms with van der Waals surface area (Å²) < 4.78 is 5.05. The van der Waals surface area contributed by atoms with Crippen molar-refractivity contribution in [2.75, 3.05) is 20.2 Å². The van der Waals surface area contributed by atoms with Gasteiger partial charge in [-0.2, -0.15) is 5.26 Å². The molecule has 100 valence electrons. The molecule has 1 aromatic carbocycles. The van der Waals surface area contributed by atoms with Crippen LogP contribution < -0.4 is 5.32 Å². The van der Waals surface area contributed by atoms with Gasteiger partial charge in [-0.25, -0.2) is 4.79 Å². The van der Waals surface area contributed by atoms with Gasteiger partial charge in [-0.1, -0.05) is 12.1 Å². The summed E-state index contributed by atoms with van der Waals surface area (Å²) in [6.45, 7) is 1.37. The van der Waals surface area contributed by atoms with Gasteiger partial charge >= 0.3 is 5.97 Å². The summed E-state index contributed by atoms with van der Waals surface area (Å²) in [5.74, 6) is -0.339. The highest BCUT2D eigenvalue weighted by Gasteiger charge is 1.97. The summed E-state index contributed by atoms with van der Waals surface area (Å²) in [7, 11) is 1.90. The SMILES string of the molecule is CNCCCCOC(=O)/C=C/c1ccc(C#N)cc1. The Balaban J connectivity index is 2.30. The van der Waals surface area contributed by atoms with Crippen LogP contribution in [-0.4, -0.2) is 26.2 Å². The van der Waals surface area contributed by atoms with Crippen LogP contribution in [0.4, 0.5) is 0 Å². The van der Waals surface area contributed by atoms with E-state index in [1.54, 1.807) is 30.3 Å². The lowest BCUT2D eigenvalue weighted by molar-refractivity contribution is -0.137. The molecule has 0 unspecified atom stereocenters. The average Bonchev–Trinajstić information content (AvgIpc) is 2.45. The van der Waals surface area contributed by atoms with E-state index in [-0.39, 0.29) is 5.97 Å². The van der Waals surface area contributed by atoms with Crippen molar-refractivity contribution < 1.29 is 9.53 Å². The second-order valence-electron chi connectivity index (χ2n) is 4.05. The maximum Gasteiger partial charge on any atom is 0.330 e. The first kappa shape index (κ1) is 14.9. The normalized spacial score (nSPS) is 10.3. The second-order valence-corrected chi connectivity index (χ2v) is 4.05. The first-order valence-electron chi connectivity index (χ1n) is 6.26. The number of hydrogen-bond donors (Lipinski definition) is 1. The Morgan fingerprint density at radius 1 is 1.37 bits per heavy atom. The van der Waals surface area contributed by atoms with Crippen LogP contribution >= 0.6 is 0 Å². The highest BCUT2D eigenvalue weighted by molar-refractivity contribution is 5.87. The zero-order valence-corrected chi connectivity index (χ0v) is 11.1. The summed E-state index contributed by atoms with van der Waals surface area (Å²) in [6, 6.07) is 9.04. The van der Waals surface area contributed by atoms with Crippen LogP contribution in [0, 0.1) is 11.3 Å². The molecule has 19 heavy (non-hydrogen) atoms. The number of hydrogen-bond acceptors (Lipinski definition) is 4. The van der Waals surface area contributed by atoms with E-state index in [0.29, 0.717) is 12.2 Å². The Morgan fingerprint density at radius 2 is 2.11 bits per heavy atom. The molecule has 4 nitrogen and oxygen atoms in total. The van der Waals surface area contributed by atoms with Gasteiger partial charge in [0.2, 0.25) is 0 Å². The molecule has 0 fully saturated rings. The summed E-state index contributed by atoms with van der Waals surface area (Å²) >= 11 is 0. The van der Waals surface area contributed by atoms with Crippen molar-refractivity contribution in [3.05, 3.63) is 41.5 Å². The first-order valence-corrected chi connectivity index (χ1v) is 6.26. The van der Waals surface area contributed by atoms with Gasteiger partial charge in [0.25, 0.3) is 0 Å². The fourth-order valence-corrected chi connectivity index (χ4v) is 1.46. The van der Waals surface area contributed by atoms with Gasteiger partial charge in [0, 0.05) is 6.08 Å². The molecule has 0 aliphatic rings. The van der Waals surface area contributed by atoms with Crippen LogP contribution in [0.3, 0.4) is 0 Å². The molecule has 0 aliphatic heterocycles. The molecule has 0 saturated carbocycles. The van der Waals surface area contributed by atoms with E-state index in [1.807, 2.05) is 13.1 Å². The third kappa shape index (κ3) is 6.39. The number of rotatable bonds is 7. The van der Waals surface area contributed by atoms with Crippen LogP contribution in [0.1, 0.15) is 24.0 Å². The largest absolute Gasteiger partial charge is 0.463 e. The van der Waals surface area contributed by atoms with Crippen LogP contribution in [0.5, 0.6) is 0 Å². The average molecular weight is 258 g/mol. The van der Waals surface area contributed by atoms with Crippen LogP contribution in [0.15, 0.2) is 30.3 Å². The molecule has 0 bridgehead atoms. The number of benzene rings is 1. The third-order valence-corrected chi connectivity index (χ3v) is 2.52. The van der Waals surface area contributed by atoms with E-state index in [1.165, 1.54) is 6.08 Å². The predicted octanol–water partition coefficient (Wildman–Crippen LogP) is 2.11. The molecule has 0 spiro atoms. The molecule has 0 saturated heterocycles. The number of carbonyl (C=O) groups is 1. The fraction of sp³-hybridized carbons (Fsp3) is 0.333. The lowest BCUT2D eigenvalue weighted by Gasteiger charge is -2.01. The summed E-state index contributed by atoms with van der Waals surface area (Å²) in [4.78, 5) is 11.4. The summed E-state index contributed by atoms with van der Waals surface area (Å²) in [6.07, 6.45) is 4.93. The number of esters is 1. The van der Waals surface area contributed by atoms with Crippen molar-refractivity contribution in [2.24, 2.45) is 0 Å². The Hall–Kier alpha value is -2.12. The monoisotopic (exact) mass is 258 g/mol. The van der Waals surface area contributed by atoms with Crippen molar-refractivity contribution >= 4 is 12.0 Å². The smallest absolute Gasteiger partial charge is 0.330 e. The molecule has 1 N–H and O–H groups in total. The third-order valence-electron chi connectivity index (χ3n) is 2.52. The standard InChI is InChI=1S/C15H18N2O2/c1-17-10-2-3-11-19-15(18)9-8-13-4-6-14(12-16)7-5-13/h4-9,17H,2-3,10-11H2,1H3/b9-8+. The van der Waals surface area contributed by atoms with Crippen molar-refractivity contribution in [1.82, 2.24) is 5.32 Å². The predicted molar refractivity (Wildman–Crippen MR) is 74.3 cm³/mol. The molecular formula is C15H18N2O2. The first-order chi connectivity index (χ1) is 9.26. The van der Waals surface area contributed by atoms with E-state index >= 15 is 0 Å². The summed E-state index contributed by atoms with van der Waals surface area (Å²) in [5.41, 5.74) is 1.47. The molecule has 1 rings (SSSR count). The van der Waals surface area contributed by atoms with Gasteiger partial charge in [-0.15, -0.1) is 0 Å². The Bertz CT molecular complexity index is 458. The zero-order chi connectivity index (χ0) is 13.9. The molecule has 0 amide bonds. The number of nitriles is 1. The van der Waals surface area contributed by atoms with Gasteiger partial charge in [0.1, 0.15) is 0 Å². The van der Waals surface area contributed by atoms with E-state index in [9.17, 15) is 4.79 Å². The molecule has 0 aliphatic carbocycles. The molecule has 0 heterocycles. The minimum absolute atomic E-state index is 0.339. The van der Waals surface area contributed by atoms with Crippen molar-refractivity contribution in [1.29, 1.82) is 5.26 Å². The number of ether oxygens (including phenoxy) is 1. The minimum Gasteiger partial charge on any atom is -0.463 e. The van der Waals surface area contributed by atoms with Gasteiger partial charge in [0.05, 0.1) is 18.2 Å². The van der Waals surface area contributed by atoms with Crippen molar-refractivity contribution in [3.8, 4) is 6.07 Å². The highest BCUT2D eigenvalue weighted by atomic mass is 16.5. The van der Waals surface area contributed by atoms with Crippen molar-refractivity contribution in [2.45, 2.75) is 12.8 Å². The van der Waals surface area contributed by atoms with Gasteiger partial charge < -0.3 is 10.1 Å². The summed E-state index contributed by atoms with van der Waals surface area (Å²) in [5, 5.41) is 11.7. The lowest BCUT2D eigenvalue weighted by atomic mass is 10.1. The molecule has 4 heteroatoms. The van der Waals surface area contributed by atoms with Gasteiger partial charge in [-0.3, -0.25) is 0 Å². The minimum atomic E-state index is -0.339. The van der Waals surface area contributed by atoms with Crippen LogP contribution in [0.25, 0.3) is 6.08 Å². The second kappa shape index (κ2) is 8.90. The van der Waals surface area contributed by atoms with Gasteiger partial charge in [0.15, 0.2) is 0 Å². The number of unbranched alkanes of at least 4 members (excludes halogenated alkanes) is 1. The highest BCUT2D eigenvalue weighted by Crippen LogP contribution is 2.05. The number of nitrogens with zero attached hydrogens (tertiary/aromatic N) is 1. The van der Waals surface area contributed by atoms with E-state index < -0.39 is 0 Å². The molecular weight excluding hydrogens is 240 g/mol. The lowest BCUT2D eigenvalue weighted by Crippen LogP contribution is -2.09. The topological polar surface area (TPSA) is 62.1 Å². The van der Waals surface area contributed by atoms with Gasteiger partial charge in [-0.05, 0) is 50.2 Å². The quantitative estimate of drug-likeness (QED) is 0.462. The van der Waals surface area contributed by atoms with Crippen molar-refractivity contribution in [3.63, 3.8) is 0 Å². The fourth-order valence-electron chi connectivity index (χ4n) is 1.46. The Kier molecular flexibility index (Phi) is 7.00. The van der Waals surface area contributed by atoms with Crippen LogP contribution in [0.2, 0.25) is 0 Å². The molecule has 0 radical (unpaired) electrons. The van der Waals surface area contributed by atoms with E-state index in [2.05, 4.69) is 5.32 Å². The maximum atomic E-state index is 11.4. The van der Waals surface area contributed by atoms with E-state index in [4.69, 9.17) is 10.00 Å². The maximum absolute atomic E-state index is 11.4. The van der Waals surface area contributed by atoms with E-state index in [0.717, 1.165) is 24.9 Å². The van der Waals surface area contributed by atoms with Crippen LogP contribution in [-0.2, 0) is 9.53 Å². The molecule has 0 atom stereocenters. The Labute approximate surface area is 113 Å². The Morgan fingerprint density at radius 3 is 2.74 bits per heavy atom. The number of nitrogens with one attached hydrogen (secondary N) is 1. The number of carbonyl (C=O) groups excluding carboxylic acids is 1.